The second-order valence-electron chi connectivity index (χ2n) is 20.3. The smallest absolute Gasteiger partial charge is 0.261 e. The number of benzene rings is 4. The molecule has 0 radical (unpaired) electrons. The van der Waals surface area contributed by atoms with Crippen LogP contribution in [-0.4, -0.2) is 70.5 Å². The number of hydrogen-bond donors (Lipinski definition) is 0. The molecule has 6 atom stereocenters. The second kappa shape index (κ2) is 23.2. The van der Waals surface area contributed by atoms with E-state index in [1.165, 1.54) is 22.1 Å². The highest BCUT2D eigenvalue weighted by molar-refractivity contribution is 8.22. The summed E-state index contributed by atoms with van der Waals surface area (Å²) in [4.78, 5) is 0. The topological polar surface area (TPSA) is 55.4 Å². The van der Waals surface area contributed by atoms with Crippen molar-refractivity contribution >= 4 is 55.4 Å². The molecule has 4 aromatic rings. The Morgan fingerprint density at radius 3 is 1.83 bits per heavy atom. The third-order valence-electron chi connectivity index (χ3n) is 13.2. The van der Waals surface area contributed by atoms with Crippen LogP contribution in [0.5, 0.6) is 0 Å². The SMILES string of the molecule is CSC(=S)OC(/C(C)=C/[C@@H](C)CO[Si](c1ccccc1)(c1ccccc1)C(C)(C)C)[C@H]1O[C@@](C)(CCCOCc2ccccc2)[C@H](OCc2ccccc2)C[C@@H]1O[Si](C)(C)C(C)(C)C. The predicted molar refractivity (Wildman–Crippen MR) is 278 cm³/mol. The number of thiocarbonyl (C=S) groups is 1. The molecule has 1 aliphatic rings. The van der Waals surface area contributed by atoms with E-state index in [0.717, 1.165) is 29.5 Å². The van der Waals surface area contributed by atoms with E-state index < -0.39 is 34.4 Å². The Morgan fingerprint density at radius 2 is 1.33 bits per heavy atom. The van der Waals surface area contributed by atoms with Crippen LogP contribution in [0.3, 0.4) is 0 Å². The zero-order chi connectivity index (χ0) is 46.6. The highest BCUT2D eigenvalue weighted by Gasteiger charge is 2.53. The average Bonchev–Trinajstić information content (AvgIpc) is 3.26. The van der Waals surface area contributed by atoms with Crippen LogP contribution in [0.15, 0.2) is 133 Å². The van der Waals surface area contributed by atoms with Crippen LogP contribution in [0.2, 0.25) is 23.2 Å². The van der Waals surface area contributed by atoms with Crippen LogP contribution in [0, 0.1) is 5.92 Å². The molecule has 5 rings (SSSR count). The monoisotopic (exact) mass is 940 g/mol. The van der Waals surface area contributed by atoms with Crippen LogP contribution in [0.25, 0.3) is 0 Å². The van der Waals surface area contributed by atoms with Crippen molar-refractivity contribution in [1.82, 2.24) is 0 Å². The highest BCUT2D eigenvalue weighted by atomic mass is 32.2. The maximum atomic E-state index is 7.55. The first-order chi connectivity index (χ1) is 30.3. The van der Waals surface area contributed by atoms with Crippen molar-refractivity contribution in [2.75, 3.05) is 19.5 Å². The molecule has 1 unspecified atom stereocenters. The zero-order valence-electron chi connectivity index (χ0n) is 40.7. The zero-order valence-corrected chi connectivity index (χ0v) is 44.4. The van der Waals surface area contributed by atoms with E-state index in [2.05, 4.69) is 179 Å². The standard InChI is InChI=1S/C54H76O6S2Si2/c1-41(38-57-64(53(6,7)8,45-30-21-15-22-31-45)46-32-23-16-24-33-46)36-42(2)49(58-51(61)62-10)50-47(60-63(11,12)52(3,4)5)37-48(56-40-44-28-19-14-20-29-44)54(9,59-50)34-25-35-55-39-43-26-17-13-18-27-43/h13-24,26-33,36,41,47-50H,25,34-35,37-40H2,1-12H3/b42-36+/t41-,47+,48-,49?,50+,54+/m1/s1. The van der Waals surface area contributed by atoms with Gasteiger partial charge in [-0.3, -0.25) is 0 Å². The van der Waals surface area contributed by atoms with Crippen molar-refractivity contribution in [3.63, 3.8) is 0 Å². The minimum absolute atomic E-state index is 0.0304. The number of ether oxygens (including phenoxy) is 4. The summed E-state index contributed by atoms with van der Waals surface area (Å²) in [6.07, 6.45) is 4.93. The molecule has 1 fully saturated rings. The largest absolute Gasteiger partial charge is 0.468 e. The third-order valence-corrected chi connectivity index (χ3v) is 23.7. The fourth-order valence-corrected chi connectivity index (χ4v) is 15.0. The lowest BCUT2D eigenvalue weighted by Gasteiger charge is -2.52. The number of hydrogen-bond acceptors (Lipinski definition) is 8. The maximum absolute atomic E-state index is 7.55. The van der Waals surface area contributed by atoms with Crippen molar-refractivity contribution in [2.45, 2.75) is 148 Å². The van der Waals surface area contributed by atoms with Gasteiger partial charge in [-0.1, -0.05) is 188 Å². The van der Waals surface area contributed by atoms with E-state index in [-0.39, 0.29) is 28.2 Å². The van der Waals surface area contributed by atoms with Gasteiger partial charge in [0.15, 0.2) is 8.32 Å². The second-order valence-corrected chi connectivity index (χ2v) is 30.8. The normalized spacial score (nSPS) is 21.0. The van der Waals surface area contributed by atoms with Crippen molar-refractivity contribution in [2.24, 2.45) is 5.92 Å². The molecular weight excluding hydrogens is 865 g/mol. The first-order valence-corrected chi connectivity index (χ1v) is 29.6. The summed E-state index contributed by atoms with van der Waals surface area (Å²) in [7, 11) is -5.08. The summed E-state index contributed by atoms with van der Waals surface area (Å²) in [5.41, 5.74) is 2.65. The van der Waals surface area contributed by atoms with E-state index in [9.17, 15) is 0 Å². The lowest BCUT2D eigenvalue weighted by molar-refractivity contribution is -0.248. The molecule has 0 amide bonds. The Kier molecular flexibility index (Phi) is 18.9. The molecule has 0 N–H and O–H groups in total. The van der Waals surface area contributed by atoms with Gasteiger partial charge >= 0.3 is 0 Å². The van der Waals surface area contributed by atoms with Gasteiger partial charge in [-0.05, 0) is 101 Å². The number of thioether (sulfide) groups is 1. The highest BCUT2D eigenvalue weighted by Crippen LogP contribution is 2.45. The van der Waals surface area contributed by atoms with Crippen LogP contribution >= 0.6 is 24.0 Å². The van der Waals surface area contributed by atoms with Gasteiger partial charge in [-0.25, -0.2) is 0 Å². The van der Waals surface area contributed by atoms with E-state index >= 15 is 0 Å². The summed E-state index contributed by atoms with van der Waals surface area (Å²) < 4.78 is 42.9. The van der Waals surface area contributed by atoms with Gasteiger partial charge in [0, 0.05) is 19.6 Å². The Morgan fingerprint density at radius 1 is 0.812 bits per heavy atom. The quantitative estimate of drug-likeness (QED) is 0.0376. The summed E-state index contributed by atoms with van der Waals surface area (Å²) >= 11 is 7.31. The fourth-order valence-electron chi connectivity index (χ4n) is 8.69. The van der Waals surface area contributed by atoms with Crippen LogP contribution in [0.1, 0.15) is 92.7 Å². The molecule has 1 heterocycles. The summed E-state index contributed by atoms with van der Waals surface area (Å²) in [6.45, 7) is 27.3. The minimum atomic E-state index is -2.76. The van der Waals surface area contributed by atoms with Gasteiger partial charge < -0.3 is 27.8 Å². The molecule has 0 saturated carbocycles. The van der Waals surface area contributed by atoms with Gasteiger partial charge in [-0.15, -0.1) is 0 Å². The first kappa shape index (κ1) is 52.1. The fraction of sp³-hybridized carbons (Fsp3) is 0.500. The Hall–Kier alpha value is -2.91. The molecule has 1 saturated heterocycles. The molecule has 348 valence electrons. The molecule has 6 nitrogen and oxygen atoms in total. The van der Waals surface area contributed by atoms with Crippen LogP contribution in [0.4, 0.5) is 0 Å². The van der Waals surface area contributed by atoms with Crippen molar-refractivity contribution in [1.29, 1.82) is 0 Å². The Labute approximate surface area is 398 Å². The molecule has 0 bridgehead atoms. The molecule has 0 aromatic heterocycles. The number of rotatable bonds is 20. The van der Waals surface area contributed by atoms with Crippen LogP contribution in [-0.2, 0) is 41.0 Å². The van der Waals surface area contributed by atoms with Crippen molar-refractivity contribution in [3.8, 4) is 0 Å². The average molecular weight is 942 g/mol. The van der Waals surface area contributed by atoms with Gasteiger partial charge in [0.05, 0.1) is 31.0 Å². The van der Waals surface area contributed by atoms with Gasteiger partial charge in [-0.2, -0.15) is 0 Å². The molecule has 10 heteroatoms. The molecule has 4 aromatic carbocycles. The maximum Gasteiger partial charge on any atom is 0.261 e. The van der Waals surface area contributed by atoms with Crippen LogP contribution < -0.4 is 10.4 Å². The molecule has 1 aliphatic heterocycles. The van der Waals surface area contributed by atoms with Crippen molar-refractivity contribution in [3.05, 3.63) is 144 Å². The minimum Gasteiger partial charge on any atom is -0.468 e. The van der Waals surface area contributed by atoms with Gasteiger partial charge in [0.2, 0.25) is 4.38 Å². The summed E-state index contributed by atoms with van der Waals surface area (Å²) in [6, 6.07) is 42.4. The van der Waals surface area contributed by atoms with Gasteiger partial charge in [0.1, 0.15) is 12.2 Å². The van der Waals surface area contributed by atoms with Crippen molar-refractivity contribution < 1.29 is 27.8 Å². The molecule has 0 aliphatic carbocycles. The van der Waals surface area contributed by atoms with E-state index in [0.29, 0.717) is 37.2 Å². The lowest BCUT2D eigenvalue weighted by Crippen LogP contribution is -2.66. The van der Waals surface area contributed by atoms with E-state index in [1.54, 1.807) is 0 Å². The van der Waals surface area contributed by atoms with Gasteiger partial charge in [0.25, 0.3) is 8.32 Å². The Balaban J connectivity index is 1.50. The lowest BCUT2D eigenvalue weighted by atomic mass is 9.82. The molecule has 0 spiro atoms. The first-order valence-electron chi connectivity index (χ1n) is 23.1. The molecule has 64 heavy (non-hydrogen) atoms. The third kappa shape index (κ3) is 13.6. The van der Waals surface area contributed by atoms with E-state index in [4.69, 9.17) is 40.0 Å². The predicted octanol–water partition coefficient (Wildman–Crippen LogP) is 12.7. The molecular formula is C54H76O6S2Si2. The van der Waals surface area contributed by atoms with E-state index in [1.807, 2.05) is 30.5 Å². The Bertz CT molecular complexity index is 2000. The summed E-state index contributed by atoms with van der Waals surface area (Å²) in [5, 5.41) is 2.37. The summed E-state index contributed by atoms with van der Waals surface area (Å²) in [5.74, 6) is 0.0500.